The molecule has 2 N–H and O–H groups in total. The minimum Gasteiger partial charge on any atom is -0.395 e. The standard InChI is InChI=1S/C15H27N5O2/c1-12(2)20-14(4-5-16-20)17-15(22)13(3)19-8-6-18(7-9-19)10-11-21/h4-5,12-13,21H,6-11H2,1-3H3,(H,17,22)/t13-/m1/s1. The molecule has 1 aromatic rings. The number of carbonyl (C=O) groups is 1. The summed E-state index contributed by atoms with van der Waals surface area (Å²) in [5.41, 5.74) is 0. The van der Waals surface area contributed by atoms with Crippen LogP contribution in [0.4, 0.5) is 5.82 Å². The van der Waals surface area contributed by atoms with Crippen molar-refractivity contribution in [3.8, 4) is 0 Å². The maximum absolute atomic E-state index is 12.4. The molecule has 1 amide bonds. The average Bonchev–Trinajstić information content (AvgIpc) is 2.96. The van der Waals surface area contributed by atoms with Crippen molar-refractivity contribution < 1.29 is 9.90 Å². The van der Waals surface area contributed by atoms with Crippen LogP contribution in [0.2, 0.25) is 0 Å². The molecule has 0 bridgehead atoms. The summed E-state index contributed by atoms with van der Waals surface area (Å²) in [4.78, 5) is 16.8. The van der Waals surface area contributed by atoms with Crippen molar-refractivity contribution in [2.75, 3.05) is 44.6 Å². The zero-order valence-corrected chi connectivity index (χ0v) is 13.7. The fraction of sp³-hybridized carbons (Fsp3) is 0.733. The van der Waals surface area contributed by atoms with E-state index in [9.17, 15) is 4.79 Å². The highest BCUT2D eigenvalue weighted by atomic mass is 16.3. The summed E-state index contributed by atoms with van der Waals surface area (Å²) in [5.74, 6) is 0.740. The molecule has 1 aliphatic rings. The first-order valence-electron chi connectivity index (χ1n) is 7.94. The number of nitrogens with zero attached hydrogens (tertiary/aromatic N) is 4. The summed E-state index contributed by atoms with van der Waals surface area (Å²) in [6, 6.07) is 1.86. The van der Waals surface area contributed by atoms with E-state index in [1.807, 2.05) is 31.5 Å². The van der Waals surface area contributed by atoms with Gasteiger partial charge in [-0.1, -0.05) is 0 Å². The van der Waals surface area contributed by atoms with Gasteiger partial charge in [0, 0.05) is 44.8 Å². The van der Waals surface area contributed by atoms with Crippen LogP contribution in [0.5, 0.6) is 0 Å². The van der Waals surface area contributed by atoms with E-state index in [0.717, 1.165) is 32.0 Å². The number of aromatic nitrogens is 2. The molecule has 1 saturated heterocycles. The van der Waals surface area contributed by atoms with Gasteiger partial charge in [-0.25, -0.2) is 4.68 Å². The third-order valence-electron chi connectivity index (χ3n) is 4.16. The van der Waals surface area contributed by atoms with Gasteiger partial charge in [-0.05, 0) is 20.8 Å². The SMILES string of the molecule is CC(C)n1nccc1NC(=O)[C@@H](C)N1CCN(CCO)CC1. The number of aliphatic hydroxyl groups is 1. The van der Waals surface area contributed by atoms with Crippen molar-refractivity contribution in [3.05, 3.63) is 12.3 Å². The first-order chi connectivity index (χ1) is 10.5. The molecule has 1 fully saturated rings. The predicted molar refractivity (Wildman–Crippen MR) is 85.8 cm³/mol. The smallest absolute Gasteiger partial charge is 0.242 e. The molecule has 1 aliphatic heterocycles. The third-order valence-corrected chi connectivity index (χ3v) is 4.16. The summed E-state index contributed by atoms with van der Waals surface area (Å²) in [6.45, 7) is 10.4. The molecule has 0 aromatic carbocycles. The van der Waals surface area contributed by atoms with Crippen molar-refractivity contribution in [1.29, 1.82) is 0 Å². The monoisotopic (exact) mass is 309 g/mol. The molecule has 2 heterocycles. The molecule has 0 radical (unpaired) electrons. The third kappa shape index (κ3) is 4.06. The van der Waals surface area contributed by atoms with Crippen LogP contribution in [-0.2, 0) is 4.79 Å². The van der Waals surface area contributed by atoms with Crippen LogP contribution in [0.15, 0.2) is 12.3 Å². The maximum Gasteiger partial charge on any atom is 0.242 e. The van der Waals surface area contributed by atoms with Crippen LogP contribution in [0.25, 0.3) is 0 Å². The Morgan fingerprint density at radius 2 is 2.00 bits per heavy atom. The predicted octanol–water partition coefficient (Wildman–Crippen LogP) is 0.401. The van der Waals surface area contributed by atoms with Crippen LogP contribution < -0.4 is 5.32 Å². The van der Waals surface area contributed by atoms with Crippen LogP contribution in [0, 0.1) is 0 Å². The van der Waals surface area contributed by atoms with Crippen molar-refractivity contribution in [3.63, 3.8) is 0 Å². The van der Waals surface area contributed by atoms with Gasteiger partial charge in [0.2, 0.25) is 5.91 Å². The minimum absolute atomic E-state index is 0.00184. The highest BCUT2D eigenvalue weighted by Crippen LogP contribution is 2.14. The fourth-order valence-electron chi connectivity index (χ4n) is 2.74. The Bertz CT molecular complexity index is 480. The van der Waals surface area contributed by atoms with Gasteiger partial charge in [-0.15, -0.1) is 0 Å². The van der Waals surface area contributed by atoms with Gasteiger partial charge in [0.15, 0.2) is 0 Å². The van der Waals surface area contributed by atoms with Gasteiger partial charge < -0.3 is 10.4 Å². The molecule has 22 heavy (non-hydrogen) atoms. The van der Waals surface area contributed by atoms with Gasteiger partial charge in [-0.2, -0.15) is 5.10 Å². The molecule has 7 nitrogen and oxygen atoms in total. The molecule has 2 rings (SSSR count). The lowest BCUT2D eigenvalue weighted by Gasteiger charge is -2.37. The van der Waals surface area contributed by atoms with E-state index in [2.05, 4.69) is 20.2 Å². The van der Waals surface area contributed by atoms with Crippen molar-refractivity contribution in [2.45, 2.75) is 32.9 Å². The second-order valence-corrected chi connectivity index (χ2v) is 6.02. The van der Waals surface area contributed by atoms with Crippen LogP contribution in [-0.4, -0.2) is 76.0 Å². The zero-order chi connectivity index (χ0) is 16.1. The van der Waals surface area contributed by atoms with E-state index in [0.29, 0.717) is 6.54 Å². The van der Waals surface area contributed by atoms with Crippen LogP contribution in [0.1, 0.15) is 26.8 Å². The fourth-order valence-corrected chi connectivity index (χ4v) is 2.74. The number of hydrogen-bond acceptors (Lipinski definition) is 5. The Morgan fingerprint density at radius 1 is 1.32 bits per heavy atom. The van der Waals surface area contributed by atoms with Gasteiger partial charge in [0.05, 0.1) is 18.8 Å². The molecular weight excluding hydrogens is 282 g/mol. The number of anilines is 1. The Balaban J connectivity index is 1.89. The van der Waals surface area contributed by atoms with E-state index >= 15 is 0 Å². The van der Waals surface area contributed by atoms with Crippen LogP contribution >= 0.6 is 0 Å². The second-order valence-electron chi connectivity index (χ2n) is 6.02. The number of piperazine rings is 1. The summed E-state index contributed by atoms with van der Waals surface area (Å²) in [7, 11) is 0. The Hall–Kier alpha value is -1.44. The van der Waals surface area contributed by atoms with Gasteiger partial charge in [0.1, 0.15) is 5.82 Å². The lowest BCUT2D eigenvalue weighted by molar-refractivity contribution is -0.121. The number of nitrogens with one attached hydrogen (secondary N) is 1. The van der Waals surface area contributed by atoms with Gasteiger partial charge in [-0.3, -0.25) is 14.6 Å². The number of β-amino-alcohol motifs (C(OH)–C–C–N with tert-alkyl or cyclic N) is 1. The number of hydrogen-bond donors (Lipinski definition) is 2. The Labute approximate surface area is 131 Å². The lowest BCUT2D eigenvalue weighted by Crippen LogP contribution is -2.53. The van der Waals surface area contributed by atoms with Crippen molar-refractivity contribution in [2.24, 2.45) is 0 Å². The Morgan fingerprint density at radius 3 is 2.59 bits per heavy atom. The van der Waals surface area contributed by atoms with E-state index in [1.54, 1.807) is 6.20 Å². The summed E-state index contributed by atoms with van der Waals surface area (Å²) in [5, 5.41) is 16.2. The zero-order valence-electron chi connectivity index (χ0n) is 13.7. The van der Waals surface area contributed by atoms with E-state index in [4.69, 9.17) is 5.11 Å². The van der Waals surface area contributed by atoms with E-state index in [1.165, 1.54) is 0 Å². The molecule has 0 saturated carbocycles. The molecule has 0 aliphatic carbocycles. The highest BCUT2D eigenvalue weighted by molar-refractivity contribution is 5.93. The van der Waals surface area contributed by atoms with Gasteiger partial charge >= 0.3 is 0 Å². The molecule has 1 atom stereocenters. The normalized spacial score (nSPS) is 18.6. The lowest BCUT2D eigenvalue weighted by atomic mass is 10.2. The summed E-state index contributed by atoms with van der Waals surface area (Å²) < 4.78 is 1.81. The number of carbonyl (C=O) groups excluding carboxylic acids is 1. The maximum atomic E-state index is 12.4. The quantitative estimate of drug-likeness (QED) is 0.796. The molecule has 124 valence electrons. The highest BCUT2D eigenvalue weighted by Gasteiger charge is 2.26. The van der Waals surface area contributed by atoms with E-state index < -0.39 is 0 Å². The van der Waals surface area contributed by atoms with Crippen molar-refractivity contribution in [1.82, 2.24) is 19.6 Å². The number of amides is 1. The molecular formula is C15H27N5O2. The number of rotatable bonds is 6. The summed E-state index contributed by atoms with van der Waals surface area (Å²) in [6.07, 6.45) is 1.70. The topological polar surface area (TPSA) is 73.6 Å². The minimum atomic E-state index is -0.174. The summed E-state index contributed by atoms with van der Waals surface area (Å²) >= 11 is 0. The van der Waals surface area contributed by atoms with Crippen LogP contribution in [0.3, 0.4) is 0 Å². The second kappa shape index (κ2) is 7.71. The first kappa shape index (κ1) is 16.9. The number of aliphatic hydroxyl groups excluding tert-OH is 1. The Kier molecular flexibility index (Phi) is 5.93. The largest absolute Gasteiger partial charge is 0.395 e. The van der Waals surface area contributed by atoms with Gasteiger partial charge in [0.25, 0.3) is 0 Å². The average molecular weight is 309 g/mol. The molecule has 7 heteroatoms. The van der Waals surface area contributed by atoms with Crippen molar-refractivity contribution >= 4 is 11.7 Å². The molecule has 1 aromatic heterocycles. The molecule has 0 spiro atoms. The first-order valence-corrected chi connectivity index (χ1v) is 7.94. The van der Waals surface area contributed by atoms with E-state index in [-0.39, 0.29) is 24.6 Å². The molecule has 0 unspecified atom stereocenters.